The number of rotatable bonds is 7. The second-order valence-corrected chi connectivity index (χ2v) is 8.02. The summed E-state index contributed by atoms with van der Waals surface area (Å²) < 4.78 is 21.8. The summed E-state index contributed by atoms with van der Waals surface area (Å²) in [6.45, 7) is 3.25. The number of aromatic nitrogens is 1. The van der Waals surface area contributed by atoms with E-state index in [1.165, 1.54) is 6.66 Å². The van der Waals surface area contributed by atoms with Crippen LogP contribution in [0.15, 0.2) is 48.8 Å². The predicted octanol–water partition coefficient (Wildman–Crippen LogP) is 3.31. The van der Waals surface area contributed by atoms with E-state index in [4.69, 9.17) is 9.47 Å². The number of hydrogen-bond donors (Lipinski definition) is 2. The van der Waals surface area contributed by atoms with E-state index in [2.05, 4.69) is 10.3 Å². The molecule has 0 aliphatic carbocycles. The van der Waals surface area contributed by atoms with Gasteiger partial charge in [-0.15, -0.1) is 0 Å². The van der Waals surface area contributed by atoms with Gasteiger partial charge in [0.1, 0.15) is 11.9 Å². The third kappa shape index (κ3) is 6.95. The molecule has 7 nitrogen and oxygen atoms in total. The van der Waals surface area contributed by atoms with Gasteiger partial charge in [-0.25, -0.2) is 4.79 Å². The molecule has 2 N–H and O–H groups in total. The van der Waals surface area contributed by atoms with Crippen LogP contribution >= 0.6 is 7.37 Å². The van der Waals surface area contributed by atoms with Gasteiger partial charge in [0.25, 0.3) is 0 Å². The quantitative estimate of drug-likeness (QED) is 0.732. The molecule has 0 aliphatic heterocycles. The van der Waals surface area contributed by atoms with Crippen molar-refractivity contribution < 1.29 is 23.7 Å². The number of pyridine rings is 1. The third-order valence-corrected chi connectivity index (χ3v) is 3.85. The first-order valence-corrected chi connectivity index (χ1v) is 9.98. The van der Waals surface area contributed by atoms with Crippen molar-refractivity contribution in [3.63, 3.8) is 0 Å². The number of carbonyl (C=O) groups excluding carboxylic acids is 1. The molecule has 0 saturated carbocycles. The van der Waals surface area contributed by atoms with Gasteiger partial charge in [0.2, 0.25) is 7.37 Å². The van der Waals surface area contributed by atoms with E-state index in [9.17, 15) is 14.3 Å². The summed E-state index contributed by atoms with van der Waals surface area (Å²) in [4.78, 5) is 25.1. The summed E-state index contributed by atoms with van der Waals surface area (Å²) in [6.07, 6.45) is 2.09. The SMILES string of the molecule is C[C@H](OC(=O)NCc1cccc(OCP(C)(=O)O)c1)c1cccnc1. The summed E-state index contributed by atoms with van der Waals surface area (Å²) in [7, 11) is -3.24. The van der Waals surface area contributed by atoms with E-state index in [1.807, 2.05) is 12.1 Å². The fourth-order valence-electron chi connectivity index (χ4n) is 2.00. The molecule has 2 atom stereocenters. The Kier molecular flexibility index (Phi) is 6.56. The lowest BCUT2D eigenvalue weighted by Crippen LogP contribution is -2.25. The van der Waals surface area contributed by atoms with E-state index >= 15 is 0 Å². The van der Waals surface area contributed by atoms with E-state index < -0.39 is 19.6 Å². The fourth-order valence-corrected chi connectivity index (χ4v) is 2.39. The number of nitrogens with zero attached hydrogens (tertiary/aromatic N) is 1. The largest absolute Gasteiger partial charge is 0.484 e. The Labute approximate surface area is 146 Å². The molecule has 1 aromatic carbocycles. The first-order chi connectivity index (χ1) is 11.8. The highest BCUT2D eigenvalue weighted by molar-refractivity contribution is 7.56. The number of carbonyl (C=O) groups is 1. The van der Waals surface area contributed by atoms with Crippen molar-refractivity contribution in [2.75, 3.05) is 13.0 Å². The first-order valence-electron chi connectivity index (χ1n) is 7.69. The molecule has 2 rings (SSSR count). The zero-order valence-electron chi connectivity index (χ0n) is 14.1. The molecule has 25 heavy (non-hydrogen) atoms. The molecule has 0 aliphatic rings. The van der Waals surface area contributed by atoms with Crippen molar-refractivity contribution in [1.29, 1.82) is 0 Å². The molecule has 1 aromatic heterocycles. The van der Waals surface area contributed by atoms with Crippen LogP contribution in [0, 0.1) is 0 Å². The summed E-state index contributed by atoms with van der Waals surface area (Å²) in [6, 6.07) is 10.5. The van der Waals surface area contributed by atoms with Crippen LogP contribution in [0.25, 0.3) is 0 Å². The Morgan fingerprint density at radius 1 is 1.36 bits per heavy atom. The van der Waals surface area contributed by atoms with Crippen LogP contribution in [-0.4, -0.2) is 29.0 Å². The van der Waals surface area contributed by atoms with Gasteiger partial charge >= 0.3 is 6.09 Å². The van der Waals surface area contributed by atoms with Crippen LogP contribution in [0.5, 0.6) is 5.75 Å². The highest BCUT2D eigenvalue weighted by Crippen LogP contribution is 2.35. The van der Waals surface area contributed by atoms with Crippen molar-refractivity contribution in [2.24, 2.45) is 0 Å². The van der Waals surface area contributed by atoms with Crippen molar-refractivity contribution in [3.05, 3.63) is 59.9 Å². The Morgan fingerprint density at radius 3 is 2.84 bits per heavy atom. The van der Waals surface area contributed by atoms with Gasteiger partial charge in [-0.05, 0) is 30.7 Å². The fraction of sp³-hybridized carbons (Fsp3) is 0.294. The Morgan fingerprint density at radius 2 is 2.16 bits per heavy atom. The molecule has 0 saturated heterocycles. The summed E-state index contributed by atoms with van der Waals surface area (Å²) in [5.41, 5.74) is 1.59. The minimum atomic E-state index is -3.24. The summed E-state index contributed by atoms with van der Waals surface area (Å²) in [5.74, 6) is 0.465. The van der Waals surface area contributed by atoms with Crippen molar-refractivity contribution in [1.82, 2.24) is 10.3 Å². The molecule has 1 amide bonds. The van der Waals surface area contributed by atoms with Gasteiger partial charge < -0.3 is 19.7 Å². The number of nitrogens with one attached hydrogen (secondary N) is 1. The lowest BCUT2D eigenvalue weighted by Gasteiger charge is -2.14. The molecular formula is C17H21N2O5P. The van der Waals surface area contributed by atoms with Crippen LogP contribution in [0.1, 0.15) is 24.2 Å². The van der Waals surface area contributed by atoms with Crippen LogP contribution in [0.4, 0.5) is 4.79 Å². The molecule has 2 aromatic rings. The Balaban J connectivity index is 1.84. The average molecular weight is 364 g/mol. The van der Waals surface area contributed by atoms with E-state index in [-0.39, 0.29) is 12.9 Å². The molecule has 1 heterocycles. The van der Waals surface area contributed by atoms with E-state index in [1.54, 1.807) is 43.6 Å². The lowest BCUT2D eigenvalue weighted by molar-refractivity contribution is 0.106. The average Bonchev–Trinajstić information content (AvgIpc) is 2.59. The third-order valence-electron chi connectivity index (χ3n) is 3.24. The second-order valence-electron chi connectivity index (χ2n) is 5.66. The number of alkyl carbamates (subject to hydrolysis) is 1. The molecule has 8 heteroatoms. The van der Waals surface area contributed by atoms with Gasteiger partial charge in [0.05, 0.1) is 0 Å². The molecule has 1 unspecified atom stereocenters. The van der Waals surface area contributed by atoms with Gasteiger partial charge in [0, 0.05) is 31.2 Å². The van der Waals surface area contributed by atoms with Crippen molar-refractivity contribution in [3.8, 4) is 5.75 Å². The first kappa shape index (κ1) is 19.0. The Bertz CT molecular complexity index is 748. The summed E-state index contributed by atoms with van der Waals surface area (Å²) in [5, 5.41) is 2.66. The van der Waals surface area contributed by atoms with Gasteiger partial charge in [0.15, 0.2) is 6.35 Å². The van der Waals surface area contributed by atoms with Crippen molar-refractivity contribution >= 4 is 13.5 Å². The molecule has 0 fully saturated rings. The van der Waals surface area contributed by atoms with Crippen LogP contribution in [-0.2, 0) is 15.8 Å². The molecule has 0 bridgehead atoms. The number of benzene rings is 1. The van der Waals surface area contributed by atoms with E-state index in [0.717, 1.165) is 11.1 Å². The topological polar surface area (TPSA) is 97.8 Å². The maximum atomic E-state index is 11.9. The van der Waals surface area contributed by atoms with Crippen molar-refractivity contribution in [2.45, 2.75) is 19.6 Å². The summed E-state index contributed by atoms with van der Waals surface area (Å²) >= 11 is 0. The standard InChI is InChI=1S/C17H21N2O5P/c1-13(15-6-4-8-18-11-15)24-17(20)19-10-14-5-3-7-16(9-14)23-12-25(2,21)22/h3-9,11,13H,10,12H2,1-2H3,(H,19,20)(H,21,22)/t13-/m0/s1. The number of ether oxygens (including phenoxy) is 2. The van der Waals surface area contributed by atoms with Crippen LogP contribution in [0.3, 0.4) is 0 Å². The zero-order chi connectivity index (χ0) is 18.3. The minimum absolute atomic E-state index is 0.249. The smallest absolute Gasteiger partial charge is 0.408 e. The van der Waals surface area contributed by atoms with Gasteiger partial charge in [-0.1, -0.05) is 18.2 Å². The highest BCUT2D eigenvalue weighted by Gasteiger charge is 2.12. The monoisotopic (exact) mass is 364 g/mol. The maximum absolute atomic E-state index is 11.9. The maximum Gasteiger partial charge on any atom is 0.408 e. The van der Waals surface area contributed by atoms with E-state index in [0.29, 0.717) is 5.75 Å². The molecule has 0 spiro atoms. The van der Waals surface area contributed by atoms with Crippen LogP contribution < -0.4 is 10.1 Å². The second kappa shape index (κ2) is 8.65. The molecule has 0 radical (unpaired) electrons. The zero-order valence-corrected chi connectivity index (χ0v) is 15.0. The normalized spacial score (nSPS) is 14.2. The predicted molar refractivity (Wildman–Crippen MR) is 93.7 cm³/mol. The minimum Gasteiger partial charge on any atom is -0.484 e. The van der Waals surface area contributed by atoms with Crippen LogP contribution in [0.2, 0.25) is 0 Å². The Hall–Kier alpha value is -2.37. The number of hydrogen-bond acceptors (Lipinski definition) is 5. The highest BCUT2D eigenvalue weighted by atomic mass is 31.2. The molecular weight excluding hydrogens is 343 g/mol. The number of amides is 1. The van der Waals surface area contributed by atoms with Gasteiger partial charge in [-0.2, -0.15) is 0 Å². The van der Waals surface area contributed by atoms with Gasteiger partial charge in [-0.3, -0.25) is 9.55 Å². The lowest BCUT2D eigenvalue weighted by atomic mass is 10.2. The molecule has 134 valence electrons.